The SMILES string of the molecule is CC(=Nc1ccn(C(C)C)c(=O)n1)N1CCOCC1. The molecule has 0 aliphatic carbocycles. The maximum atomic E-state index is 11.8. The third kappa shape index (κ3) is 3.41. The number of hydrogen-bond acceptors (Lipinski definition) is 4. The number of amidine groups is 1. The van der Waals surface area contributed by atoms with Crippen LogP contribution >= 0.6 is 0 Å². The maximum absolute atomic E-state index is 11.8. The Morgan fingerprint density at radius 1 is 1.42 bits per heavy atom. The van der Waals surface area contributed by atoms with Crippen LogP contribution in [0.1, 0.15) is 26.8 Å². The monoisotopic (exact) mass is 264 g/mol. The fraction of sp³-hybridized carbons (Fsp3) is 0.615. The Kier molecular flexibility index (Phi) is 4.31. The lowest BCUT2D eigenvalue weighted by Crippen LogP contribution is -2.39. The largest absolute Gasteiger partial charge is 0.378 e. The molecule has 1 saturated heterocycles. The van der Waals surface area contributed by atoms with E-state index >= 15 is 0 Å². The van der Waals surface area contributed by atoms with Gasteiger partial charge in [-0.1, -0.05) is 0 Å². The van der Waals surface area contributed by atoms with Crippen molar-refractivity contribution < 1.29 is 4.74 Å². The molecule has 0 radical (unpaired) electrons. The van der Waals surface area contributed by atoms with Crippen LogP contribution in [0.25, 0.3) is 0 Å². The van der Waals surface area contributed by atoms with Crippen LogP contribution in [-0.4, -0.2) is 46.6 Å². The molecule has 0 amide bonds. The van der Waals surface area contributed by atoms with Crippen molar-refractivity contribution >= 4 is 11.7 Å². The summed E-state index contributed by atoms with van der Waals surface area (Å²) in [5.41, 5.74) is -0.258. The second kappa shape index (κ2) is 5.97. The van der Waals surface area contributed by atoms with Gasteiger partial charge in [-0.25, -0.2) is 9.79 Å². The van der Waals surface area contributed by atoms with E-state index in [0.29, 0.717) is 5.82 Å². The van der Waals surface area contributed by atoms with E-state index in [1.165, 1.54) is 0 Å². The summed E-state index contributed by atoms with van der Waals surface area (Å²) in [7, 11) is 0. The molecule has 1 aliphatic rings. The van der Waals surface area contributed by atoms with E-state index in [4.69, 9.17) is 4.74 Å². The molecule has 0 atom stereocenters. The van der Waals surface area contributed by atoms with E-state index in [1.54, 1.807) is 16.8 Å². The summed E-state index contributed by atoms with van der Waals surface area (Å²) < 4.78 is 6.88. The summed E-state index contributed by atoms with van der Waals surface area (Å²) in [5, 5.41) is 0. The van der Waals surface area contributed by atoms with Gasteiger partial charge in [-0.2, -0.15) is 4.98 Å². The molecule has 6 nitrogen and oxygen atoms in total. The van der Waals surface area contributed by atoms with E-state index in [1.807, 2.05) is 20.8 Å². The van der Waals surface area contributed by atoms with Gasteiger partial charge in [0, 0.05) is 25.3 Å². The van der Waals surface area contributed by atoms with E-state index in [0.717, 1.165) is 32.1 Å². The second-order valence-electron chi connectivity index (χ2n) is 4.83. The summed E-state index contributed by atoms with van der Waals surface area (Å²) in [6.07, 6.45) is 1.74. The molecule has 1 aromatic rings. The van der Waals surface area contributed by atoms with Crippen LogP contribution in [0.4, 0.5) is 5.82 Å². The van der Waals surface area contributed by atoms with Gasteiger partial charge in [0.1, 0.15) is 5.84 Å². The molecule has 19 heavy (non-hydrogen) atoms. The Balaban J connectivity index is 2.18. The molecule has 0 saturated carbocycles. The van der Waals surface area contributed by atoms with Gasteiger partial charge in [0.2, 0.25) is 0 Å². The molecule has 1 aliphatic heterocycles. The minimum atomic E-state index is -0.258. The van der Waals surface area contributed by atoms with Crippen LogP contribution in [0.3, 0.4) is 0 Å². The first kappa shape index (κ1) is 13.7. The molecule has 0 spiro atoms. The fourth-order valence-corrected chi connectivity index (χ4v) is 1.98. The van der Waals surface area contributed by atoms with E-state index in [-0.39, 0.29) is 11.7 Å². The van der Waals surface area contributed by atoms with Crippen molar-refractivity contribution in [3.63, 3.8) is 0 Å². The van der Waals surface area contributed by atoms with Gasteiger partial charge in [0.05, 0.1) is 13.2 Å². The first-order valence-electron chi connectivity index (χ1n) is 6.55. The van der Waals surface area contributed by atoms with Gasteiger partial charge in [-0.05, 0) is 26.8 Å². The quantitative estimate of drug-likeness (QED) is 0.595. The molecule has 0 N–H and O–H groups in total. The highest BCUT2D eigenvalue weighted by atomic mass is 16.5. The smallest absolute Gasteiger partial charge is 0.349 e. The van der Waals surface area contributed by atoms with Gasteiger partial charge in [0.25, 0.3) is 0 Å². The van der Waals surface area contributed by atoms with Crippen LogP contribution in [0.15, 0.2) is 22.1 Å². The highest BCUT2D eigenvalue weighted by Crippen LogP contribution is 2.09. The number of ether oxygens (including phenoxy) is 1. The van der Waals surface area contributed by atoms with Crippen LogP contribution in [-0.2, 0) is 4.74 Å². The molecule has 2 heterocycles. The summed E-state index contributed by atoms with van der Waals surface area (Å²) in [6, 6.07) is 1.88. The third-order valence-electron chi connectivity index (χ3n) is 3.12. The fourth-order valence-electron chi connectivity index (χ4n) is 1.98. The number of rotatable bonds is 2. The topological polar surface area (TPSA) is 59.7 Å². The highest BCUT2D eigenvalue weighted by Gasteiger charge is 2.12. The van der Waals surface area contributed by atoms with Crippen LogP contribution in [0, 0.1) is 0 Å². The van der Waals surface area contributed by atoms with Crippen molar-refractivity contribution in [1.29, 1.82) is 0 Å². The molecule has 0 bridgehead atoms. The number of aliphatic imine (C=N–C) groups is 1. The Labute approximate surface area is 112 Å². The molecule has 0 unspecified atom stereocenters. The summed E-state index contributed by atoms with van der Waals surface area (Å²) in [5.74, 6) is 1.34. The zero-order chi connectivity index (χ0) is 13.8. The lowest BCUT2D eigenvalue weighted by molar-refractivity contribution is 0.0678. The van der Waals surface area contributed by atoms with Crippen molar-refractivity contribution in [1.82, 2.24) is 14.5 Å². The van der Waals surface area contributed by atoms with Gasteiger partial charge < -0.3 is 9.64 Å². The Morgan fingerprint density at radius 3 is 2.68 bits per heavy atom. The predicted molar refractivity (Wildman–Crippen MR) is 74.0 cm³/mol. The van der Waals surface area contributed by atoms with Crippen molar-refractivity contribution in [2.24, 2.45) is 4.99 Å². The Bertz CT molecular complexity index is 516. The lowest BCUT2D eigenvalue weighted by atomic mass is 10.4. The van der Waals surface area contributed by atoms with Gasteiger partial charge in [-0.15, -0.1) is 0 Å². The first-order chi connectivity index (χ1) is 9.08. The standard InChI is InChI=1S/C13H20N4O2/c1-10(2)17-5-4-12(15-13(17)18)14-11(3)16-6-8-19-9-7-16/h4-5,10H,6-9H2,1-3H3. The van der Waals surface area contributed by atoms with Crippen LogP contribution in [0.5, 0.6) is 0 Å². The van der Waals surface area contributed by atoms with Crippen molar-refractivity contribution in [3.8, 4) is 0 Å². The Morgan fingerprint density at radius 2 is 2.11 bits per heavy atom. The maximum Gasteiger partial charge on any atom is 0.349 e. The number of hydrogen-bond donors (Lipinski definition) is 0. The molecule has 104 valence electrons. The van der Waals surface area contributed by atoms with Crippen molar-refractivity contribution in [3.05, 3.63) is 22.7 Å². The van der Waals surface area contributed by atoms with Gasteiger partial charge in [-0.3, -0.25) is 4.57 Å². The third-order valence-corrected chi connectivity index (χ3v) is 3.12. The van der Waals surface area contributed by atoms with Crippen LogP contribution in [0.2, 0.25) is 0 Å². The predicted octanol–water partition coefficient (Wildman–Crippen LogP) is 1.21. The number of aromatic nitrogens is 2. The summed E-state index contributed by atoms with van der Waals surface area (Å²) >= 11 is 0. The molecule has 6 heteroatoms. The molecule has 2 rings (SSSR count). The molecular weight excluding hydrogens is 244 g/mol. The van der Waals surface area contributed by atoms with Crippen molar-refractivity contribution in [2.45, 2.75) is 26.8 Å². The van der Waals surface area contributed by atoms with Crippen LogP contribution < -0.4 is 5.69 Å². The molecular formula is C13H20N4O2. The lowest BCUT2D eigenvalue weighted by Gasteiger charge is -2.28. The minimum absolute atomic E-state index is 0.110. The summed E-state index contributed by atoms with van der Waals surface area (Å²) in [6.45, 7) is 8.93. The number of morpholine rings is 1. The summed E-state index contributed by atoms with van der Waals surface area (Å²) in [4.78, 5) is 22.3. The average Bonchev–Trinajstić information content (AvgIpc) is 2.39. The van der Waals surface area contributed by atoms with Crippen molar-refractivity contribution in [2.75, 3.05) is 26.3 Å². The first-order valence-corrected chi connectivity index (χ1v) is 6.55. The van der Waals surface area contributed by atoms with E-state index < -0.39 is 0 Å². The minimum Gasteiger partial charge on any atom is -0.378 e. The normalized spacial score (nSPS) is 17.1. The van der Waals surface area contributed by atoms with E-state index in [2.05, 4.69) is 14.9 Å². The number of nitrogens with zero attached hydrogens (tertiary/aromatic N) is 4. The zero-order valence-electron chi connectivity index (χ0n) is 11.7. The highest BCUT2D eigenvalue weighted by molar-refractivity contribution is 5.82. The zero-order valence-corrected chi connectivity index (χ0v) is 11.7. The second-order valence-corrected chi connectivity index (χ2v) is 4.83. The van der Waals surface area contributed by atoms with Gasteiger partial charge >= 0.3 is 5.69 Å². The van der Waals surface area contributed by atoms with E-state index in [9.17, 15) is 4.79 Å². The molecule has 1 aromatic heterocycles. The average molecular weight is 264 g/mol. The Hall–Kier alpha value is -1.69. The molecule has 0 aromatic carbocycles. The van der Waals surface area contributed by atoms with Gasteiger partial charge in [0.15, 0.2) is 5.82 Å². The molecule has 1 fully saturated rings.